The van der Waals surface area contributed by atoms with Crippen LogP contribution in [0, 0.1) is 11.6 Å². The lowest BCUT2D eigenvalue weighted by atomic mass is 10.1. The number of amides is 1. The second-order valence-electron chi connectivity index (χ2n) is 8.23. The molecule has 0 saturated heterocycles. The summed E-state index contributed by atoms with van der Waals surface area (Å²) in [6.07, 6.45) is -4.81. The van der Waals surface area contributed by atoms with Gasteiger partial charge in [0.15, 0.2) is 11.5 Å². The molecule has 1 aliphatic rings. The molecule has 1 aromatic heterocycles. The van der Waals surface area contributed by atoms with Crippen LogP contribution in [0.2, 0.25) is 5.02 Å². The first-order valence-electron chi connectivity index (χ1n) is 11.3. The molecule has 0 spiro atoms. The molecule has 198 valence electrons. The van der Waals surface area contributed by atoms with Gasteiger partial charge in [0.1, 0.15) is 30.4 Å². The van der Waals surface area contributed by atoms with E-state index in [-0.39, 0.29) is 52.5 Å². The van der Waals surface area contributed by atoms with Crippen LogP contribution in [0.15, 0.2) is 42.5 Å². The maximum Gasteiger partial charge on any atom is 0.416 e. The summed E-state index contributed by atoms with van der Waals surface area (Å²) < 4.78 is 80.9. The third-order valence-electron chi connectivity index (χ3n) is 5.76. The van der Waals surface area contributed by atoms with E-state index in [9.17, 15) is 26.7 Å². The van der Waals surface area contributed by atoms with Crippen molar-refractivity contribution in [3.63, 3.8) is 0 Å². The Kier molecular flexibility index (Phi) is 6.51. The van der Waals surface area contributed by atoms with E-state index in [4.69, 9.17) is 21.1 Å². The number of alkyl halides is 3. The minimum Gasteiger partial charge on any atom is -0.485 e. The fraction of sp³-hybridized carbons (Fsp3) is 0.200. The largest absolute Gasteiger partial charge is 0.485 e. The number of aryl methyl sites for hydroxylation is 1. The zero-order chi connectivity index (χ0) is 27.2. The smallest absolute Gasteiger partial charge is 0.416 e. The van der Waals surface area contributed by atoms with Crippen molar-refractivity contribution in [1.29, 1.82) is 0 Å². The van der Waals surface area contributed by atoms with E-state index < -0.39 is 35.0 Å². The lowest BCUT2D eigenvalue weighted by Crippen LogP contribution is -2.21. The first-order chi connectivity index (χ1) is 18.1. The Morgan fingerprint density at radius 3 is 2.53 bits per heavy atom. The molecule has 0 saturated carbocycles. The number of hydrogen-bond acceptors (Lipinski definition) is 5. The minimum absolute atomic E-state index is 0.00486. The van der Waals surface area contributed by atoms with Crippen molar-refractivity contribution in [2.45, 2.75) is 19.6 Å². The Bertz CT molecular complexity index is 1550. The first-order valence-corrected chi connectivity index (χ1v) is 11.7. The van der Waals surface area contributed by atoms with Gasteiger partial charge < -0.3 is 24.7 Å². The Morgan fingerprint density at radius 1 is 1.11 bits per heavy atom. The van der Waals surface area contributed by atoms with E-state index in [1.807, 2.05) is 6.92 Å². The standard InChI is InChI=1S/C25H18ClF5N4O3/c1-2-35-20-18(33-24(35)34-19-16(26)4-3-5-17(19)28)11-15(21-22(20)38-7-6-37-21)23(36)32-14-9-12(25(29,30)31)8-13(27)10-14/h3-5,8-11H,2,6-7H2,1H3,(H,32,36)(H,33,34). The average molecular weight is 553 g/mol. The summed E-state index contributed by atoms with van der Waals surface area (Å²) in [5.74, 6) is -2.23. The molecule has 0 bridgehead atoms. The number of halogens is 6. The Balaban J connectivity index is 1.59. The Labute approximate surface area is 217 Å². The highest BCUT2D eigenvalue weighted by atomic mass is 35.5. The van der Waals surface area contributed by atoms with Crippen LogP contribution < -0.4 is 20.1 Å². The number of nitrogens with zero attached hydrogens (tertiary/aromatic N) is 2. The van der Waals surface area contributed by atoms with Crippen molar-refractivity contribution in [2.75, 3.05) is 23.8 Å². The second-order valence-corrected chi connectivity index (χ2v) is 8.64. The van der Waals surface area contributed by atoms with E-state index in [1.54, 1.807) is 4.57 Å². The quantitative estimate of drug-likeness (QED) is 0.267. The van der Waals surface area contributed by atoms with Gasteiger partial charge in [-0.05, 0) is 43.3 Å². The van der Waals surface area contributed by atoms with Crippen LogP contribution in [-0.2, 0) is 12.7 Å². The first kappa shape index (κ1) is 25.6. The van der Waals surface area contributed by atoms with E-state index >= 15 is 0 Å². The molecular formula is C25H18ClF5N4O3. The van der Waals surface area contributed by atoms with Gasteiger partial charge >= 0.3 is 6.18 Å². The van der Waals surface area contributed by atoms with Gasteiger partial charge in [0.2, 0.25) is 5.95 Å². The van der Waals surface area contributed by atoms with Crippen molar-refractivity contribution in [3.05, 3.63) is 70.2 Å². The minimum atomic E-state index is -4.81. The van der Waals surface area contributed by atoms with Gasteiger partial charge in [-0.25, -0.2) is 13.8 Å². The van der Waals surface area contributed by atoms with Crippen LogP contribution in [0.4, 0.5) is 39.3 Å². The fourth-order valence-corrected chi connectivity index (χ4v) is 4.34. The summed E-state index contributed by atoms with van der Waals surface area (Å²) >= 11 is 6.15. The lowest BCUT2D eigenvalue weighted by Gasteiger charge is -2.22. The van der Waals surface area contributed by atoms with Crippen LogP contribution in [0.3, 0.4) is 0 Å². The highest BCUT2D eigenvalue weighted by Gasteiger charge is 2.32. The van der Waals surface area contributed by atoms with Crippen molar-refractivity contribution in [1.82, 2.24) is 9.55 Å². The van der Waals surface area contributed by atoms with E-state index in [0.29, 0.717) is 24.2 Å². The summed E-state index contributed by atoms with van der Waals surface area (Å²) in [6.45, 7) is 2.43. The molecule has 5 rings (SSSR count). The van der Waals surface area contributed by atoms with Crippen LogP contribution >= 0.6 is 11.6 Å². The highest BCUT2D eigenvalue weighted by molar-refractivity contribution is 6.33. The molecule has 0 atom stereocenters. The normalized spacial score (nSPS) is 13.0. The number of aromatic nitrogens is 2. The summed E-state index contributed by atoms with van der Waals surface area (Å²) in [6, 6.07) is 7.26. The number of benzene rings is 3. The number of anilines is 3. The van der Waals surface area contributed by atoms with Gasteiger partial charge in [0.25, 0.3) is 5.91 Å². The molecule has 2 heterocycles. The number of hydrogen-bond donors (Lipinski definition) is 2. The SMILES string of the molecule is CCn1c(Nc2c(F)cccc2Cl)nc2cc(C(=O)Nc3cc(F)cc(C(F)(F)F)c3)c3c(c21)OCCO3. The van der Waals surface area contributed by atoms with Crippen molar-refractivity contribution in [2.24, 2.45) is 0 Å². The zero-order valence-electron chi connectivity index (χ0n) is 19.5. The lowest BCUT2D eigenvalue weighted by molar-refractivity contribution is -0.137. The van der Waals surface area contributed by atoms with Gasteiger partial charge in [-0.1, -0.05) is 17.7 Å². The molecule has 1 amide bonds. The second kappa shape index (κ2) is 9.67. The van der Waals surface area contributed by atoms with Gasteiger partial charge in [0.05, 0.1) is 27.4 Å². The molecule has 3 aromatic carbocycles. The summed E-state index contributed by atoms with van der Waals surface area (Å²) in [5.41, 5.74) is -1.06. The molecule has 0 radical (unpaired) electrons. The van der Waals surface area contributed by atoms with Crippen LogP contribution in [0.5, 0.6) is 11.5 Å². The number of para-hydroxylation sites is 1. The predicted molar refractivity (Wildman–Crippen MR) is 130 cm³/mol. The number of rotatable bonds is 5. The van der Waals surface area contributed by atoms with Crippen LogP contribution in [-0.4, -0.2) is 28.7 Å². The van der Waals surface area contributed by atoms with Crippen LogP contribution in [0.25, 0.3) is 11.0 Å². The van der Waals surface area contributed by atoms with Gasteiger partial charge in [-0.15, -0.1) is 0 Å². The molecule has 38 heavy (non-hydrogen) atoms. The van der Waals surface area contributed by atoms with E-state index in [1.165, 1.54) is 24.3 Å². The Morgan fingerprint density at radius 2 is 1.84 bits per heavy atom. The fourth-order valence-electron chi connectivity index (χ4n) is 4.13. The summed E-state index contributed by atoms with van der Waals surface area (Å²) in [7, 11) is 0. The zero-order valence-corrected chi connectivity index (χ0v) is 20.3. The molecule has 7 nitrogen and oxygen atoms in total. The maximum atomic E-state index is 14.4. The van der Waals surface area contributed by atoms with Gasteiger partial charge in [0, 0.05) is 12.2 Å². The molecular weight excluding hydrogens is 535 g/mol. The maximum absolute atomic E-state index is 14.4. The van der Waals surface area contributed by atoms with Gasteiger partial charge in [-0.2, -0.15) is 13.2 Å². The average Bonchev–Trinajstić information content (AvgIpc) is 3.22. The predicted octanol–water partition coefficient (Wildman–Crippen LogP) is 6.77. The third-order valence-corrected chi connectivity index (χ3v) is 6.08. The summed E-state index contributed by atoms with van der Waals surface area (Å²) in [4.78, 5) is 17.7. The molecule has 0 aliphatic carbocycles. The molecule has 0 fully saturated rings. The van der Waals surface area contributed by atoms with Crippen molar-refractivity contribution >= 4 is 45.9 Å². The highest BCUT2D eigenvalue weighted by Crippen LogP contribution is 2.43. The number of carbonyl (C=O) groups excluding carboxylic acids is 1. The van der Waals surface area contributed by atoms with Crippen molar-refractivity contribution in [3.8, 4) is 11.5 Å². The van der Waals surface area contributed by atoms with Crippen LogP contribution in [0.1, 0.15) is 22.8 Å². The molecule has 2 N–H and O–H groups in total. The third kappa shape index (κ3) is 4.67. The topological polar surface area (TPSA) is 77.4 Å². The van der Waals surface area contributed by atoms with E-state index in [0.717, 1.165) is 6.07 Å². The molecule has 13 heteroatoms. The summed E-state index contributed by atoms with van der Waals surface area (Å²) in [5, 5.41) is 5.28. The number of imidazole rings is 1. The number of carbonyl (C=O) groups is 1. The number of fused-ring (bicyclic) bond motifs is 3. The molecule has 1 aliphatic heterocycles. The monoisotopic (exact) mass is 552 g/mol. The number of nitrogens with one attached hydrogen (secondary N) is 2. The van der Waals surface area contributed by atoms with Gasteiger partial charge in [-0.3, -0.25) is 4.79 Å². The van der Waals surface area contributed by atoms with E-state index in [2.05, 4.69) is 15.6 Å². The number of ether oxygens (including phenoxy) is 2. The Hall–Kier alpha value is -4.06. The molecule has 0 unspecified atom stereocenters. The molecule has 4 aromatic rings. The van der Waals surface area contributed by atoms with Crippen molar-refractivity contribution < 1.29 is 36.2 Å².